The number of hydrogen-bond acceptors (Lipinski definition) is 5. The van der Waals surface area contributed by atoms with Crippen LogP contribution in [0.4, 0.5) is 5.69 Å². The van der Waals surface area contributed by atoms with E-state index in [1.807, 2.05) is 24.3 Å². The summed E-state index contributed by atoms with van der Waals surface area (Å²) in [6.45, 7) is 2.10. The number of carbonyl (C=O) groups excluding carboxylic acids is 1. The summed E-state index contributed by atoms with van der Waals surface area (Å²) >= 11 is 13.5. The van der Waals surface area contributed by atoms with Gasteiger partial charge in [-0.2, -0.15) is 9.61 Å². The number of aryl methyl sites for hydroxylation is 1. The molecule has 4 rings (SSSR count). The van der Waals surface area contributed by atoms with Crippen molar-refractivity contribution in [1.29, 1.82) is 0 Å². The Morgan fingerprint density at radius 1 is 1.14 bits per heavy atom. The van der Waals surface area contributed by atoms with E-state index in [4.69, 9.17) is 23.2 Å². The number of halogens is 2. The van der Waals surface area contributed by atoms with Crippen LogP contribution in [0.3, 0.4) is 0 Å². The summed E-state index contributed by atoms with van der Waals surface area (Å²) in [6.07, 6.45) is 1.82. The third-order valence-corrected chi connectivity index (χ3v) is 5.60. The molecule has 9 heteroatoms. The largest absolute Gasteiger partial charge is 0.322 e. The first-order chi connectivity index (χ1) is 13.5. The molecule has 0 spiro atoms. The molecular weight excluding hydrogens is 417 g/mol. The third kappa shape index (κ3) is 3.73. The molecule has 142 valence electrons. The van der Waals surface area contributed by atoms with Crippen molar-refractivity contribution in [3.05, 3.63) is 63.9 Å². The van der Waals surface area contributed by atoms with Crippen molar-refractivity contribution in [2.45, 2.75) is 19.8 Å². The van der Waals surface area contributed by atoms with Gasteiger partial charge >= 0.3 is 0 Å². The molecule has 2 aromatic carbocycles. The van der Waals surface area contributed by atoms with E-state index in [1.54, 1.807) is 22.7 Å². The molecule has 1 N–H and O–H groups in total. The summed E-state index contributed by atoms with van der Waals surface area (Å²) in [5.74, 6) is 0.547. The van der Waals surface area contributed by atoms with Gasteiger partial charge in [-0.1, -0.05) is 41.5 Å². The van der Waals surface area contributed by atoms with Crippen LogP contribution in [0.25, 0.3) is 15.5 Å². The minimum atomic E-state index is -0.316. The summed E-state index contributed by atoms with van der Waals surface area (Å²) in [5, 5.41) is 17.4. The second-order valence-electron chi connectivity index (χ2n) is 6.12. The van der Waals surface area contributed by atoms with E-state index in [0.717, 1.165) is 34.2 Å². The molecule has 4 aromatic rings. The smallest absolute Gasteiger partial charge is 0.257 e. The lowest BCUT2D eigenvalue weighted by Crippen LogP contribution is -2.12. The summed E-state index contributed by atoms with van der Waals surface area (Å²) in [6, 6.07) is 12.2. The average molecular weight is 432 g/mol. The number of fused-ring (bicyclic) bond motifs is 1. The SMILES string of the molecule is CCCc1nnc2sc(-c3ccc(NC(=O)c4cc(Cl)ccc4Cl)cc3)nn12. The predicted molar refractivity (Wildman–Crippen MR) is 113 cm³/mol. The number of anilines is 1. The van der Waals surface area contributed by atoms with Crippen LogP contribution in [-0.2, 0) is 6.42 Å². The number of rotatable bonds is 5. The highest BCUT2D eigenvalue weighted by atomic mass is 35.5. The van der Waals surface area contributed by atoms with E-state index in [9.17, 15) is 4.79 Å². The average Bonchev–Trinajstić information content (AvgIpc) is 3.26. The van der Waals surface area contributed by atoms with E-state index in [0.29, 0.717) is 21.3 Å². The molecule has 2 heterocycles. The van der Waals surface area contributed by atoms with Crippen LogP contribution in [0, 0.1) is 0 Å². The standard InChI is InChI=1S/C19H15Cl2N5OS/c1-2-3-16-23-24-19-26(16)25-18(28-19)11-4-7-13(8-5-11)22-17(27)14-10-12(20)6-9-15(14)21/h4-10H,2-3H2,1H3,(H,22,27). The first-order valence-electron chi connectivity index (χ1n) is 8.63. The Labute approximate surface area is 175 Å². The highest BCUT2D eigenvalue weighted by Crippen LogP contribution is 2.27. The van der Waals surface area contributed by atoms with Crippen molar-refractivity contribution in [1.82, 2.24) is 19.8 Å². The molecule has 1 amide bonds. The maximum atomic E-state index is 12.4. The summed E-state index contributed by atoms with van der Waals surface area (Å²) in [7, 11) is 0. The fourth-order valence-corrected chi connectivity index (χ4v) is 3.96. The van der Waals surface area contributed by atoms with E-state index in [1.165, 1.54) is 11.3 Å². The molecule has 0 fully saturated rings. The zero-order valence-electron chi connectivity index (χ0n) is 14.8. The third-order valence-electron chi connectivity index (χ3n) is 4.09. The lowest BCUT2D eigenvalue weighted by Gasteiger charge is -2.07. The quantitative estimate of drug-likeness (QED) is 0.461. The van der Waals surface area contributed by atoms with Gasteiger partial charge in [-0.05, 0) is 48.9 Å². The molecule has 0 saturated heterocycles. The topological polar surface area (TPSA) is 72.2 Å². The fraction of sp³-hybridized carbons (Fsp3) is 0.158. The van der Waals surface area contributed by atoms with Gasteiger partial charge in [0.1, 0.15) is 5.01 Å². The van der Waals surface area contributed by atoms with Crippen LogP contribution in [0.5, 0.6) is 0 Å². The maximum Gasteiger partial charge on any atom is 0.257 e. The molecule has 0 aliphatic rings. The first kappa shape index (κ1) is 18.9. The number of nitrogens with zero attached hydrogens (tertiary/aromatic N) is 4. The highest BCUT2D eigenvalue weighted by Gasteiger charge is 2.14. The summed E-state index contributed by atoms with van der Waals surface area (Å²) in [4.78, 5) is 13.2. The normalized spacial score (nSPS) is 11.1. The molecule has 28 heavy (non-hydrogen) atoms. The lowest BCUT2D eigenvalue weighted by molar-refractivity contribution is 0.102. The van der Waals surface area contributed by atoms with Crippen LogP contribution >= 0.6 is 34.5 Å². The Bertz CT molecular complexity index is 1150. The van der Waals surface area contributed by atoms with Crippen LogP contribution in [0.15, 0.2) is 42.5 Å². The van der Waals surface area contributed by atoms with Crippen molar-refractivity contribution >= 4 is 51.1 Å². The zero-order chi connectivity index (χ0) is 19.7. The van der Waals surface area contributed by atoms with Crippen molar-refractivity contribution in [2.24, 2.45) is 0 Å². The van der Waals surface area contributed by atoms with Gasteiger partial charge in [0.15, 0.2) is 5.82 Å². The summed E-state index contributed by atoms with van der Waals surface area (Å²) < 4.78 is 1.79. The molecule has 0 bridgehead atoms. The second-order valence-corrected chi connectivity index (χ2v) is 7.92. The van der Waals surface area contributed by atoms with E-state index < -0.39 is 0 Å². The minimum absolute atomic E-state index is 0.316. The Balaban J connectivity index is 1.54. The molecule has 0 radical (unpaired) electrons. The number of hydrogen-bond donors (Lipinski definition) is 1. The molecule has 0 saturated carbocycles. The van der Waals surface area contributed by atoms with Gasteiger partial charge in [0, 0.05) is 22.7 Å². The van der Waals surface area contributed by atoms with Gasteiger partial charge in [0.25, 0.3) is 5.91 Å². The molecular formula is C19H15Cl2N5OS. The van der Waals surface area contributed by atoms with Gasteiger partial charge in [-0.15, -0.1) is 10.2 Å². The van der Waals surface area contributed by atoms with Gasteiger partial charge < -0.3 is 5.32 Å². The zero-order valence-corrected chi connectivity index (χ0v) is 17.1. The van der Waals surface area contributed by atoms with E-state index in [-0.39, 0.29) is 5.91 Å². The molecule has 0 aliphatic heterocycles. The van der Waals surface area contributed by atoms with Crippen LogP contribution < -0.4 is 5.32 Å². The van der Waals surface area contributed by atoms with Crippen LogP contribution in [0.2, 0.25) is 10.0 Å². The Kier molecular flexibility index (Phi) is 5.30. The Morgan fingerprint density at radius 3 is 2.68 bits per heavy atom. The maximum absolute atomic E-state index is 12.4. The van der Waals surface area contributed by atoms with Gasteiger partial charge in [0.05, 0.1) is 10.6 Å². The van der Waals surface area contributed by atoms with Gasteiger partial charge in [0.2, 0.25) is 4.96 Å². The van der Waals surface area contributed by atoms with Gasteiger partial charge in [-0.3, -0.25) is 4.79 Å². The number of aromatic nitrogens is 4. The molecule has 2 aromatic heterocycles. The monoisotopic (exact) mass is 431 g/mol. The number of nitrogens with one attached hydrogen (secondary N) is 1. The van der Waals surface area contributed by atoms with Crippen molar-refractivity contribution in [2.75, 3.05) is 5.32 Å². The van der Waals surface area contributed by atoms with E-state index >= 15 is 0 Å². The fourth-order valence-electron chi connectivity index (χ4n) is 2.72. The van der Waals surface area contributed by atoms with Crippen LogP contribution in [0.1, 0.15) is 29.5 Å². The Morgan fingerprint density at radius 2 is 1.93 bits per heavy atom. The minimum Gasteiger partial charge on any atom is -0.322 e. The second kappa shape index (κ2) is 7.87. The van der Waals surface area contributed by atoms with Crippen LogP contribution in [-0.4, -0.2) is 25.7 Å². The highest BCUT2D eigenvalue weighted by molar-refractivity contribution is 7.19. The number of amides is 1. The van der Waals surface area contributed by atoms with Crippen molar-refractivity contribution in [3.8, 4) is 10.6 Å². The molecule has 0 atom stereocenters. The van der Waals surface area contributed by atoms with Crippen molar-refractivity contribution in [3.63, 3.8) is 0 Å². The van der Waals surface area contributed by atoms with Gasteiger partial charge in [-0.25, -0.2) is 0 Å². The Hall–Kier alpha value is -2.48. The van der Waals surface area contributed by atoms with Crippen molar-refractivity contribution < 1.29 is 4.79 Å². The lowest BCUT2D eigenvalue weighted by atomic mass is 10.2. The molecule has 0 unspecified atom stereocenters. The number of carbonyl (C=O) groups is 1. The predicted octanol–water partition coefficient (Wildman–Crippen LogP) is 5.36. The molecule has 6 nitrogen and oxygen atoms in total. The van der Waals surface area contributed by atoms with E-state index in [2.05, 4.69) is 27.5 Å². The molecule has 0 aliphatic carbocycles. The number of benzene rings is 2. The summed E-state index contributed by atoms with van der Waals surface area (Å²) in [5.41, 5.74) is 1.92. The first-order valence-corrected chi connectivity index (χ1v) is 10.2.